The quantitative estimate of drug-likeness (QED) is 0.848. The number of pyridine rings is 1. The highest BCUT2D eigenvalue weighted by atomic mass is 35.5. The Balaban J connectivity index is 2.07. The van der Waals surface area contributed by atoms with Crippen LogP contribution in [0.15, 0.2) is 41.4 Å². The van der Waals surface area contributed by atoms with Crippen molar-refractivity contribution in [1.82, 2.24) is 4.98 Å². The van der Waals surface area contributed by atoms with Crippen molar-refractivity contribution in [2.45, 2.75) is 17.9 Å². The molecule has 0 amide bonds. The van der Waals surface area contributed by atoms with Gasteiger partial charge in [0.15, 0.2) is 0 Å². The van der Waals surface area contributed by atoms with E-state index >= 15 is 0 Å². The van der Waals surface area contributed by atoms with Gasteiger partial charge in [-0.25, -0.2) is 4.98 Å². The molecule has 1 unspecified atom stereocenters. The number of nitrogen functional groups attached to an aromatic ring is 1. The van der Waals surface area contributed by atoms with E-state index in [2.05, 4.69) is 24.0 Å². The molecular formula is C14H16ClN3S. The van der Waals surface area contributed by atoms with Crippen molar-refractivity contribution in [2.24, 2.45) is 5.73 Å². The molecule has 0 spiro atoms. The van der Waals surface area contributed by atoms with E-state index in [-0.39, 0.29) is 6.04 Å². The van der Waals surface area contributed by atoms with Crippen molar-refractivity contribution >= 4 is 29.2 Å². The van der Waals surface area contributed by atoms with Crippen LogP contribution >= 0.6 is 23.4 Å². The lowest BCUT2D eigenvalue weighted by atomic mass is 10.1. The summed E-state index contributed by atoms with van der Waals surface area (Å²) in [5, 5.41) is 0.556. The van der Waals surface area contributed by atoms with Crippen molar-refractivity contribution in [1.29, 1.82) is 0 Å². The minimum Gasteiger partial charge on any atom is -0.383 e. The molecule has 0 aliphatic heterocycles. The van der Waals surface area contributed by atoms with Gasteiger partial charge in [0.25, 0.3) is 0 Å². The summed E-state index contributed by atoms with van der Waals surface area (Å²) in [5.74, 6) is 1.18. The number of halogens is 1. The summed E-state index contributed by atoms with van der Waals surface area (Å²) in [4.78, 5) is 5.26. The number of thioether (sulfide) groups is 1. The van der Waals surface area contributed by atoms with E-state index in [9.17, 15) is 0 Å². The molecule has 2 aromatic rings. The van der Waals surface area contributed by atoms with Crippen molar-refractivity contribution in [2.75, 3.05) is 11.5 Å². The number of aryl methyl sites for hydroxylation is 1. The summed E-state index contributed by atoms with van der Waals surface area (Å²) in [7, 11) is 0. The molecule has 1 aromatic carbocycles. The third kappa shape index (κ3) is 3.62. The van der Waals surface area contributed by atoms with Crippen LogP contribution in [-0.4, -0.2) is 10.7 Å². The van der Waals surface area contributed by atoms with Gasteiger partial charge >= 0.3 is 0 Å². The molecule has 0 bridgehead atoms. The Hall–Kier alpha value is -1.23. The normalized spacial score (nSPS) is 12.4. The fourth-order valence-corrected chi connectivity index (χ4v) is 2.93. The summed E-state index contributed by atoms with van der Waals surface area (Å²) < 4.78 is 0. The molecule has 100 valence electrons. The van der Waals surface area contributed by atoms with Gasteiger partial charge in [0.2, 0.25) is 0 Å². The highest BCUT2D eigenvalue weighted by Crippen LogP contribution is 2.28. The summed E-state index contributed by atoms with van der Waals surface area (Å²) in [5.41, 5.74) is 14.0. The van der Waals surface area contributed by atoms with Crippen LogP contribution in [0.3, 0.4) is 0 Å². The summed E-state index contributed by atoms with van der Waals surface area (Å²) in [6, 6.07) is 9.83. The molecule has 0 saturated carbocycles. The van der Waals surface area contributed by atoms with E-state index in [0.29, 0.717) is 10.8 Å². The first-order valence-electron chi connectivity index (χ1n) is 5.93. The second-order valence-electron chi connectivity index (χ2n) is 4.31. The number of hydrogen-bond donors (Lipinski definition) is 2. The fraction of sp³-hybridized carbons (Fsp3) is 0.214. The number of nitrogens with two attached hydrogens (primary N) is 2. The Labute approximate surface area is 122 Å². The van der Waals surface area contributed by atoms with Crippen LogP contribution in [-0.2, 0) is 0 Å². The Morgan fingerprint density at radius 1 is 1.37 bits per heavy atom. The Morgan fingerprint density at radius 2 is 2.11 bits per heavy atom. The molecule has 3 nitrogen and oxygen atoms in total. The lowest BCUT2D eigenvalue weighted by molar-refractivity contribution is 0.828. The Kier molecular flexibility index (Phi) is 4.69. The van der Waals surface area contributed by atoms with Gasteiger partial charge in [0.1, 0.15) is 5.82 Å². The first-order valence-corrected chi connectivity index (χ1v) is 7.29. The van der Waals surface area contributed by atoms with Gasteiger partial charge in [0, 0.05) is 28.5 Å². The maximum absolute atomic E-state index is 6.16. The van der Waals surface area contributed by atoms with Crippen LogP contribution in [0.4, 0.5) is 5.82 Å². The minimum absolute atomic E-state index is 0.184. The predicted molar refractivity (Wildman–Crippen MR) is 82.5 cm³/mol. The van der Waals surface area contributed by atoms with Gasteiger partial charge in [-0.3, -0.25) is 0 Å². The van der Waals surface area contributed by atoms with E-state index in [1.807, 2.05) is 12.1 Å². The molecule has 19 heavy (non-hydrogen) atoms. The van der Waals surface area contributed by atoms with Gasteiger partial charge in [0.05, 0.1) is 5.02 Å². The van der Waals surface area contributed by atoms with Crippen LogP contribution in [0.25, 0.3) is 0 Å². The third-order valence-corrected chi connectivity index (χ3v) is 4.33. The standard InChI is InChI=1S/C14H16ClN3S/c1-9-4-2-3-5-13(9)19-8-12(16)11-6-10(15)7-18-14(11)17/h2-7,12H,8,16H2,1H3,(H2,17,18). The summed E-state index contributed by atoms with van der Waals surface area (Å²) in [6.07, 6.45) is 1.53. The molecule has 5 heteroatoms. The molecule has 0 aliphatic carbocycles. The number of rotatable bonds is 4. The molecule has 1 heterocycles. The Morgan fingerprint density at radius 3 is 2.84 bits per heavy atom. The van der Waals surface area contributed by atoms with Gasteiger partial charge in [-0.15, -0.1) is 11.8 Å². The zero-order valence-electron chi connectivity index (χ0n) is 10.6. The molecular weight excluding hydrogens is 278 g/mol. The molecule has 0 aliphatic rings. The molecule has 0 saturated heterocycles. The van der Waals surface area contributed by atoms with E-state index < -0.39 is 0 Å². The fourth-order valence-electron chi connectivity index (χ4n) is 1.75. The van der Waals surface area contributed by atoms with E-state index in [1.165, 1.54) is 16.7 Å². The van der Waals surface area contributed by atoms with Crippen molar-refractivity contribution < 1.29 is 0 Å². The van der Waals surface area contributed by atoms with Gasteiger partial charge < -0.3 is 11.5 Å². The molecule has 1 atom stereocenters. The van der Waals surface area contributed by atoms with Crippen LogP contribution in [0.5, 0.6) is 0 Å². The lowest BCUT2D eigenvalue weighted by Crippen LogP contribution is -2.15. The first kappa shape index (κ1) is 14.2. The summed E-state index contributed by atoms with van der Waals surface area (Å²) in [6.45, 7) is 2.09. The number of hydrogen-bond acceptors (Lipinski definition) is 4. The average molecular weight is 294 g/mol. The molecule has 2 rings (SSSR count). The van der Waals surface area contributed by atoms with Crippen LogP contribution in [0.2, 0.25) is 5.02 Å². The lowest BCUT2D eigenvalue weighted by Gasteiger charge is -2.14. The van der Waals surface area contributed by atoms with Crippen molar-refractivity contribution in [3.8, 4) is 0 Å². The highest BCUT2D eigenvalue weighted by molar-refractivity contribution is 7.99. The summed E-state index contributed by atoms with van der Waals surface area (Å²) >= 11 is 7.64. The predicted octanol–water partition coefficient (Wildman–Crippen LogP) is 3.42. The van der Waals surface area contributed by atoms with Crippen LogP contribution < -0.4 is 11.5 Å². The maximum Gasteiger partial charge on any atom is 0.128 e. The maximum atomic E-state index is 6.16. The minimum atomic E-state index is -0.184. The number of nitrogens with zero attached hydrogens (tertiary/aromatic N) is 1. The molecule has 1 aromatic heterocycles. The third-order valence-electron chi connectivity index (χ3n) is 2.83. The molecule has 0 radical (unpaired) electrons. The zero-order chi connectivity index (χ0) is 13.8. The monoisotopic (exact) mass is 293 g/mol. The highest BCUT2D eigenvalue weighted by Gasteiger charge is 2.12. The van der Waals surface area contributed by atoms with E-state index in [1.54, 1.807) is 17.8 Å². The van der Waals surface area contributed by atoms with Gasteiger partial charge in [-0.1, -0.05) is 29.8 Å². The zero-order valence-corrected chi connectivity index (χ0v) is 12.2. The second-order valence-corrected chi connectivity index (χ2v) is 5.81. The average Bonchev–Trinajstić information content (AvgIpc) is 2.40. The number of benzene rings is 1. The second kappa shape index (κ2) is 6.28. The number of anilines is 1. The van der Waals surface area contributed by atoms with Crippen molar-refractivity contribution in [3.05, 3.63) is 52.7 Å². The van der Waals surface area contributed by atoms with Gasteiger partial charge in [-0.05, 0) is 24.6 Å². The van der Waals surface area contributed by atoms with E-state index in [4.69, 9.17) is 23.1 Å². The first-order chi connectivity index (χ1) is 9.08. The SMILES string of the molecule is Cc1ccccc1SCC(N)c1cc(Cl)cnc1N. The van der Waals surface area contributed by atoms with Crippen LogP contribution in [0, 0.1) is 6.92 Å². The molecule has 0 fully saturated rings. The molecule has 4 N–H and O–H groups in total. The number of aromatic nitrogens is 1. The smallest absolute Gasteiger partial charge is 0.128 e. The topological polar surface area (TPSA) is 64.9 Å². The Bertz CT molecular complexity index is 574. The largest absolute Gasteiger partial charge is 0.383 e. The van der Waals surface area contributed by atoms with E-state index in [0.717, 1.165) is 11.3 Å². The van der Waals surface area contributed by atoms with Crippen LogP contribution in [0.1, 0.15) is 17.2 Å². The van der Waals surface area contributed by atoms with Gasteiger partial charge in [-0.2, -0.15) is 0 Å². The van der Waals surface area contributed by atoms with Crippen molar-refractivity contribution in [3.63, 3.8) is 0 Å².